The first-order valence-corrected chi connectivity index (χ1v) is 7.17. The summed E-state index contributed by atoms with van der Waals surface area (Å²) in [5.74, 6) is -1.34. The Labute approximate surface area is 126 Å². The minimum Gasteiger partial charge on any atom is -0.391 e. The van der Waals surface area contributed by atoms with E-state index in [1.807, 2.05) is 0 Å². The zero-order valence-corrected chi connectivity index (χ0v) is 11.9. The molecule has 1 fully saturated rings. The van der Waals surface area contributed by atoms with Gasteiger partial charge in [0.15, 0.2) is 0 Å². The zero-order valence-electron chi connectivity index (χ0n) is 11.9. The minimum absolute atomic E-state index is 0.0238. The first-order valence-electron chi connectivity index (χ1n) is 7.17. The third-order valence-corrected chi connectivity index (χ3v) is 3.74. The van der Waals surface area contributed by atoms with Crippen molar-refractivity contribution >= 4 is 11.6 Å². The van der Waals surface area contributed by atoms with Crippen LogP contribution in [-0.2, 0) is 14.4 Å². The lowest BCUT2D eigenvalue weighted by molar-refractivity contribution is -0.137. The summed E-state index contributed by atoms with van der Waals surface area (Å²) in [4.78, 5) is 19.1. The van der Waals surface area contributed by atoms with E-state index >= 15 is 0 Å². The number of benzene rings is 1. The van der Waals surface area contributed by atoms with E-state index in [0.717, 1.165) is 6.07 Å². The van der Waals surface area contributed by atoms with Gasteiger partial charge in [0.05, 0.1) is 25.3 Å². The van der Waals surface area contributed by atoms with Crippen molar-refractivity contribution in [1.82, 2.24) is 4.90 Å². The van der Waals surface area contributed by atoms with Crippen LogP contribution < -0.4 is 0 Å². The van der Waals surface area contributed by atoms with Crippen molar-refractivity contribution in [2.24, 2.45) is 5.16 Å². The molecule has 0 aliphatic carbocycles. The van der Waals surface area contributed by atoms with Gasteiger partial charge in [-0.1, -0.05) is 5.16 Å². The van der Waals surface area contributed by atoms with Crippen LogP contribution in [0.5, 0.6) is 0 Å². The number of halogens is 2. The molecule has 3 rings (SSSR count). The predicted octanol–water partition coefficient (Wildman–Crippen LogP) is 1.71. The molecular weight excluding hydrogens is 294 g/mol. The van der Waals surface area contributed by atoms with Gasteiger partial charge in [0, 0.05) is 31.1 Å². The van der Waals surface area contributed by atoms with Gasteiger partial charge in [0.1, 0.15) is 17.7 Å². The number of oxime groups is 1. The summed E-state index contributed by atoms with van der Waals surface area (Å²) in [6, 6.07) is 3.32. The lowest BCUT2D eigenvalue weighted by Crippen LogP contribution is -2.41. The summed E-state index contributed by atoms with van der Waals surface area (Å²) in [6.45, 7) is 2.23. The molecule has 118 valence electrons. The fourth-order valence-corrected chi connectivity index (χ4v) is 2.56. The second-order valence-electron chi connectivity index (χ2n) is 5.29. The van der Waals surface area contributed by atoms with Crippen LogP contribution in [0.1, 0.15) is 18.4 Å². The van der Waals surface area contributed by atoms with E-state index < -0.39 is 17.7 Å². The van der Waals surface area contributed by atoms with Crippen molar-refractivity contribution in [2.75, 3.05) is 26.3 Å². The second-order valence-corrected chi connectivity index (χ2v) is 5.29. The number of ether oxygens (including phenoxy) is 1. The van der Waals surface area contributed by atoms with Gasteiger partial charge in [-0.05, 0) is 12.1 Å². The molecule has 5 nitrogen and oxygen atoms in total. The maximum atomic E-state index is 13.7. The lowest BCUT2D eigenvalue weighted by Gasteiger charge is -2.27. The maximum absolute atomic E-state index is 13.7. The fraction of sp³-hybridized carbons (Fsp3) is 0.467. The monoisotopic (exact) mass is 310 g/mol. The predicted molar refractivity (Wildman–Crippen MR) is 74.4 cm³/mol. The third-order valence-electron chi connectivity index (χ3n) is 3.74. The van der Waals surface area contributed by atoms with E-state index in [9.17, 15) is 13.6 Å². The topological polar surface area (TPSA) is 51.1 Å². The average Bonchev–Trinajstić information content (AvgIpc) is 2.96. The first-order chi connectivity index (χ1) is 10.6. The van der Waals surface area contributed by atoms with Crippen LogP contribution in [0.15, 0.2) is 23.4 Å². The van der Waals surface area contributed by atoms with Crippen LogP contribution in [0.4, 0.5) is 8.78 Å². The molecule has 0 bridgehead atoms. The van der Waals surface area contributed by atoms with Crippen LogP contribution in [-0.4, -0.2) is 48.9 Å². The largest absolute Gasteiger partial charge is 0.391 e. The SMILES string of the molecule is O=C(CC1CC(c2ccc(F)cc2F)=NO1)N1CCOCC1. The highest BCUT2D eigenvalue weighted by Crippen LogP contribution is 2.22. The molecular formula is C15H16F2N2O3. The molecule has 1 aromatic rings. The minimum atomic E-state index is -0.678. The van der Waals surface area contributed by atoms with Gasteiger partial charge in [0.2, 0.25) is 5.91 Å². The van der Waals surface area contributed by atoms with Crippen molar-refractivity contribution in [3.05, 3.63) is 35.4 Å². The van der Waals surface area contributed by atoms with Crippen LogP contribution in [0, 0.1) is 11.6 Å². The van der Waals surface area contributed by atoms with E-state index in [-0.39, 0.29) is 17.9 Å². The Morgan fingerprint density at radius 3 is 2.82 bits per heavy atom. The van der Waals surface area contributed by atoms with Crippen molar-refractivity contribution in [1.29, 1.82) is 0 Å². The molecule has 0 N–H and O–H groups in total. The Bertz CT molecular complexity index is 600. The molecule has 0 radical (unpaired) electrons. The molecule has 0 spiro atoms. The molecule has 2 heterocycles. The smallest absolute Gasteiger partial charge is 0.226 e. The second kappa shape index (κ2) is 6.39. The highest BCUT2D eigenvalue weighted by molar-refractivity contribution is 6.01. The summed E-state index contributed by atoms with van der Waals surface area (Å²) in [5.41, 5.74) is 0.611. The van der Waals surface area contributed by atoms with E-state index in [0.29, 0.717) is 38.4 Å². The first kappa shape index (κ1) is 14.9. The Balaban J connectivity index is 1.58. The maximum Gasteiger partial charge on any atom is 0.226 e. The van der Waals surface area contributed by atoms with Gasteiger partial charge in [0.25, 0.3) is 0 Å². The van der Waals surface area contributed by atoms with Gasteiger partial charge in [-0.15, -0.1) is 0 Å². The van der Waals surface area contributed by atoms with Crippen molar-refractivity contribution in [3.63, 3.8) is 0 Å². The highest BCUT2D eigenvalue weighted by Gasteiger charge is 2.28. The molecule has 2 aliphatic heterocycles. The van der Waals surface area contributed by atoms with Crippen LogP contribution in [0.2, 0.25) is 0 Å². The van der Waals surface area contributed by atoms with Crippen molar-refractivity contribution < 1.29 is 23.1 Å². The summed E-state index contributed by atoms with van der Waals surface area (Å²) < 4.78 is 31.8. The average molecular weight is 310 g/mol. The van der Waals surface area contributed by atoms with Gasteiger partial charge in [-0.3, -0.25) is 4.79 Å². The number of hydrogen-bond donors (Lipinski definition) is 0. The molecule has 1 atom stereocenters. The molecule has 0 aromatic heterocycles. The highest BCUT2D eigenvalue weighted by atomic mass is 19.1. The fourth-order valence-electron chi connectivity index (χ4n) is 2.56. The molecule has 22 heavy (non-hydrogen) atoms. The number of rotatable bonds is 3. The molecule has 1 unspecified atom stereocenters. The third kappa shape index (κ3) is 3.24. The summed E-state index contributed by atoms with van der Waals surface area (Å²) in [5, 5.41) is 3.83. The summed E-state index contributed by atoms with van der Waals surface area (Å²) >= 11 is 0. The number of carbonyl (C=O) groups is 1. The molecule has 2 aliphatic rings. The molecule has 1 aromatic carbocycles. The number of morpholine rings is 1. The van der Waals surface area contributed by atoms with Crippen LogP contribution in [0.3, 0.4) is 0 Å². The van der Waals surface area contributed by atoms with Gasteiger partial charge in [-0.25, -0.2) is 8.78 Å². The molecule has 7 heteroatoms. The van der Waals surface area contributed by atoms with Gasteiger partial charge >= 0.3 is 0 Å². The summed E-state index contributed by atoms with van der Waals surface area (Å²) in [6.07, 6.45) is 0.115. The van der Waals surface area contributed by atoms with E-state index in [1.165, 1.54) is 12.1 Å². The Hall–Kier alpha value is -2.02. The number of hydrogen-bond acceptors (Lipinski definition) is 4. The standard InChI is InChI=1S/C15H16F2N2O3/c16-10-1-2-12(13(17)7-10)14-8-11(22-18-14)9-15(20)19-3-5-21-6-4-19/h1-2,7,11H,3-6,8-9H2. The van der Waals surface area contributed by atoms with E-state index in [4.69, 9.17) is 9.57 Å². The molecule has 1 saturated heterocycles. The zero-order chi connectivity index (χ0) is 15.5. The van der Waals surface area contributed by atoms with Crippen LogP contribution >= 0.6 is 0 Å². The van der Waals surface area contributed by atoms with Gasteiger partial charge < -0.3 is 14.5 Å². The van der Waals surface area contributed by atoms with E-state index in [2.05, 4.69) is 5.16 Å². The van der Waals surface area contributed by atoms with Crippen molar-refractivity contribution in [3.8, 4) is 0 Å². The van der Waals surface area contributed by atoms with Gasteiger partial charge in [-0.2, -0.15) is 0 Å². The molecule has 0 saturated carbocycles. The molecule has 1 amide bonds. The normalized spacial score (nSPS) is 21.5. The number of carbonyl (C=O) groups excluding carboxylic acids is 1. The number of nitrogens with zero attached hydrogens (tertiary/aromatic N) is 2. The van der Waals surface area contributed by atoms with Crippen molar-refractivity contribution in [2.45, 2.75) is 18.9 Å². The Morgan fingerprint density at radius 1 is 1.32 bits per heavy atom. The quantitative estimate of drug-likeness (QED) is 0.854. The van der Waals surface area contributed by atoms with E-state index in [1.54, 1.807) is 4.90 Å². The van der Waals surface area contributed by atoms with Crippen LogP contribution in [0.25, 0.3) is 0 Å². The summed E-state index contributed by atoms with van der Waals surface area (Å²) in [7, 11) is 0. The Morgan fingerprint density at radius 2 is 2.09 bits per heavy atom. The lowest BCUT2D eigenvalue weighted by atomic mass is 10.0. The Kier molecular flexibility index (Phi) is 4.33. The number of amides is 1.